The first-order chi connectivity index (χ1) is 22.0. The van der Waals surface area contributed by atoms with E-state index < -0.39 is 18.1 Å². The molecule has 1 aliphatic rings. The number of nitrogens with zero attached hydrogens (tertiary/aromatic N) is 6. The number of para-hydroxylation sites is 2. The molecular weight excluding hydrogens is 570 g/mol. The Morgan fingerprint density at radius 2 is 1.60 bits per heavy atom. The standard InChI is InChI=1S/C33H29N9O3/c1-2-41(25-16-7-4-8-17-25)28(43)21-42-27-19-10-9-18-26(27)29(22-12-5-3-6-13-22)35-31(32(42)44)36-33(45)34-24-15-11-14-23(20-24)30-37-39-40-38-30/h3-20,31H,2,21H2,1H3,(H2,34,36,45)(H,37,38,39,40). The second-order valence-corrected chi connectivity index (χ2v) is 10.1. The SMILES string of the molecule is CCN(C(=O)CN1C(=O)C(NC(=O)Nc2cccc(-c3nnn[nH]3)c2)N=C(c2ccccc2)c2ccccc21)c1ccccc1. The topological polar surface area (TPSA) is 149 Å². The third-order valence-electron chi connectivity index (χ3n) is 7.24. The van der Waals surface area contributed by atoms with Crippen molar-refractivity contribution in [3.05, 3.63) is 120 Å². The molecule has 1 atom stereocenters. The van der Waals surface area contributed by atoms with Crippen molar-refractivity contribution in [3.8, 4) is 11.4 Å². The number of H-pyrrole nitrogens is 1. The fourth-order valence-electron chi connectivity index (χ4n) is 5.16. The molecule has 0 spiro atoms. The number of fused-ring (bicyclic) bond motifs is 1. The maximum atomic E-state index is 14.2. The summed E-state index contributed by atoms with van der Waals surface area (Å²) in [4.78, 5) is 49.1. The van der Waals surface area contributed by atoms with Gasteiger partial charge in [-0.25, -0.2) is 14.9 Å². The first kappa shape index (κ1) is 28.9. The van der Waals surface area contributed by atoms with Gasteiger partial charge in [-0.05, 0) is 47.7 Å². The molecule has 0 aliphatic carbocycles. The van der Waals surface area contributed by atoms with Crippen LogP contribution in [0.15, 0.2) is 114 Å². The van der Waals surface area contributed by atoms with Crippen LogP contribution in [-0.2, 0) is 9.59 Å². The predicted octanol–water partition coefficient (Wildman–Crippen LogP) is 4.25. The van der Waals surface area contributed by atoms with E-state index in [-0.39, 0.29) is 12.5 Å². The lowest BCUT2D eigenvalue weighted by atomic mass is 10.0. The Morgan fingerprint density at radius 3 is 2.33 bits per heavy atom. The fourth-order valence-corrected chi connectivity index (χ4v) is 5.16. The molecule has 1 unspecified atom stereocenters. The number of nitrogens with one attached hydrogen (secondary N) is 3. The van der Waals surface area contributed by atoms with Crippen LogP contribution in [0.4, 0.5) is 21.9 Å². The highest BCUT2D eigenvalue weighted by molar-refractivity contribution is 6.21. The molecule has 6 rings (SSSR count). The lowest BCUT2D eigenvalue weighted by molar-refractivity contribution is -0.123. The van der Waals surface area contributed by atoms with Gasteiger partial charge >= 0.3 is 6.03 Å². The Kier molecular flexibility index (Phi) is 8.36. The van der Waals surface area contributed by atoms with Crippen LogP contribution in [-0.4, -0.2) is 63.4 Å². The number of aromatic nitrogens is 4. The van der Waals surface area contributed by atoms with Gasteiger partial charge in [0.2, 0.25) is 12.1 Å². The zero-order valence-corrected chi connectivity index (χ0v) is 24.3. The van der Waals surface area contributed by atoms with Crippen molar-refractivity contribution in [3.63, 3.8) is 0 Å². The Hall–Kier alpha value is -6.17. The highest BCUT2D eigenvalue weighted by Crippen LogP contribution is 2.29. The summed E-state index contributed by atoms with van der Waals surface area (Å²) in [5.41, 5.74) is 4.27. The largest absolute Gasteiger partial charge is 0.321 e. The van der Waals surface area contributed by atoms with Gasteiger partial charge in [0, 0.05) is 34.6 Å². The molecule has 45 heavy (non-hydrogen) atoms. The maximum Gasteiger partial charge on any atom is 0.321 e. The van der Waals surface area contributed by atoms with Gasteiger partial charge in [-0.15, -0.1) is 5.10 Å². The minimum atomic E-state index is -1.34. The van der Waals surface area contributed by atoms with Gasteiger partial charge in [-0.1, -0.05) is 78.9 Å². The van der Waals surface area contributed by atoms with E-state index >= 15 is 0 Å². The summed E-state index contributed by atoms with van der Waals surface area (Å²) in [6.07, 6.45) is -1.34. The molecule has 1 aliphatic heterocycles. The third kappa shape index (κ3) is 6.30. The number of aromatic amines is 1. The Balaban J connectivity index is 1.33. The number of hydrogen-bond acceptors (Lipinski definition) is 7. The molecule has 12 nitrogen and oxygen atoms in total. The molecule has 12 heteroatoms. The zero-order chi connectivity index (χ0) is 31.2. The van der Waals surface area contributed by atoms with E-state index in [9.17, 15) is 14.4 Å². The van der Waals surface area contributed by atoms with Crippen LogP contribution < -0.4 is 20.4 Å². The first-order valence-corrected chi connectivity index (χ1v) is 14.3. The van der Waals surface area contributed by atoms with Crippen LogP contribution in [0, 0.1) is 0 Å². The molecule has 0 fully saturated rings. The fraction of sp³-hybridized carbons (Fsp3) is 0.121. The van der Waals surface area contributed by atoms with Crippen LogP contribution in [0.1, 0.15) is 18.1 Å². The number of hydrogen-bond donors (Lipinski definition) is 3. The minimum absolute atomic E-state index is 0.261. The van der Waals surface area contributed by atoms with E-state index in [1.807, 2.05) is 79.7 Å². The van der Waals surface area contributed by atoms with Gasteiger partial charge in [0.25, 0.3) is 5.91 Å². The third-order valence-corrected chi connectivity index (χ3v) is 7.24. The van der Waals surface area contributed by atoms with Crippen LogP contribution in [0.25, 0.3) is 11.4 Å². The molecule has 4 amide bonds. The molecule has 2 heterocycles. The van der Waals surface area contributed by atoms with Crippen molar-refractivity contribution >= 4 is 40.6 Å². The number of carbonyl (C=O) groups is 3. The number of benzene rings is 4. The normalized spacial score (nSPS) is 14.2. The van der Waals surface area contributed by atoms with Gasteiger partial charge in [0.05, 0.1) is 11.4 Å². The number of tetrazole rings is 1. The maximum absolute atomic E-state index is 14.2. The van der Waals surface area contributed by atoms with Crippen molar-refractivity contribution in [1.82, 2.24) is 25.9 Å². The number of anilines is 3. The number of amides is 4. The van der Waals surface area contributed by atoms with Crippen molar-refractivity contribution in [2.45, 2.75) is 13.1 Å². The van der Waals surface area contributed by atoms with Gasteiger partial charge in [-0.2, -0.15) is 0 Å². The highest BCUT2D eigenvalue weighted by Gasteiger charge is 2.35. The van der Waals surface area contributed by atoms with Crippen LogP contribution >= 0.6 is 0 Å². The van der Waals surface area contributed by atoms with E-state index in [2.05, 4.69) is 31.3 Å². The molecule has 4 aromatic carbocycles. The second kappa shape index (κ2) is 13.0. The number of rotatable bonds is 8. The van der Waals surface area contributed by atoms with Crippen LogP contribution in [0.5, 0.6) is 0 Å². The molecule has 0 bridgehead atoms. The van der Waals surface area contributed by atoms with Gasteiger partial charge in [-0.3, -0.25) is 14.5 Å². The van der Waals surface area contributed by atoms with Gasteiger partial charge in [0.15, 0.2) is 5.82 Å². The summed E-state index contributed by atoms with van der Waals surface area (Å²) in [5.74, 6) is -0.399. The summed E-state index contributed by atoms with van der Waals surface area (Å²) in [6.45, 7) is 2.02. The van der Waals surface area contributed by atoms with E-state index in [4.69, 9.17) is 4.99 Å². The Bertz CT molecular complexity index is 1840. The Labute approximate surface area is 258 Å². The van der Waals surface area contributed by atoms with E-state index in [1.54, 1.807) is 41.3 Å². The monoisotopic (exact) mass is 599 g/mol. The van der Waals surface area contributed by atoms with Gasteiger partial charge < -0.3 is 15.5 Å². The lowest BCUT2D eigenvalue weighted by Gasteiger charge is -2.28. The first-order valence-electron chi connectivity index (χ1n) is 14.3. The number of urea groups is 1. The van der Waals surface area contributed by atoms with Crippen molar-refractivity contribution < 1.29 is 14.4 Å². The quantitative estimate of drug-likeness (QED) is 0.243. The molecule has 5 aromatic rings. The average molecular weight is 600 g/mol. The second-order valence-electron chi connectivity index (χ2n) is 10.1. The lowest BCUT2D eigenvalue weighted by Crippen LogP contribution is -2.51. The van der Waals surface area contributed by atoms with Gasteiger partial charge in [0.1, 0.15) is 6.54 Å². The van der Waals surface area contributed by atoms with Crippen LogP contribution in [0.2, 0.25) is 0 Å². The molecule has 1 aromatic heterocycles. The van der Waals surface area contributed by atoms with Crippen molar-refractivity contribution in [2.75, 3.05) is 28.2 Å². The molecule has 0 radical (unpaired) electrons. The highest BCUT2D eigenvalue weighted by atomic mass is 16.2. The average Bonchev–Trinajstić information content (AvgIpc) is 3.59. The molecular formula is C33H29N9O3. The summed E-state index contributed by atoms with van der Waals surface area (Å²) >= 11 is 0. The van der Waals surface area contributed by atoms with E-state index in [0.717, 1.165) is 11.3 Å². The molecule has 3 N–H and O–H groups in total. The summed E-state index contributed by atoms with van der Waals surface area (Å²) in [6, 6.07) is 32.2. The minimum Gasteiger partial charge on any atom is -0.311 e. The van der Waals surface area contributed by atoms with E-state index in [0.29, 0.717) is 40.6 Å². The smallest absolute Gasteiger partial charge is 0.311 e. The summed E-state index contributed by atoms with van der Waals surface area (Å²) in [5, 5.41) is 19.3. The number of aliphatic imine (C=N–C) groups is 1. The Morgan fingerprint density at radius 1 is 0.889 bits per heavy atom. The zero-order valence-electron chi connectivity index (χ0n) is 24.3. The number of carbonyl (C=O) groups excluding carboxylic acids is 3. The summed E-state index contributed by atoms with van der Waals surface area (Å²) < 4.78 is 0. The molecule has 224 valence electrons. The molecule has 0 saturated heterocycles. The number of benzodiazepines with no additional fused rings is 1. The number of likely N-dealkylation sites (N-methyl/N-ethyl adjacent to an activating group) is 1. The van der Waals surface area contributed by atoms with Crippen molar-refractivity contribution in [1.29, 1.82) is 0 Å². The van der Waals surface area contributed by atoms with Crippen LogP contribution in [0.3, 0.4) is 0 Å². The van der Waals surface area contributed by atoms with E-state index in [1.165, 1.54) is 4.90 Å². The summed E-state index contributed by atoms with van der Waals surface area (Å²) in [7, 11) is 0. The molecule has 0 saturated carbocycles. The van der Waals surface area contributed by atoms with Crippen molar-refractivity contribution in [2.24, 2.45) is 4.99 Å². The predicted molar refractivity (Wildman–Crippen MR) is 171 cm³/mol.